The van der Waals surface area contributed by atoms with Crippen LogP contribution in [0.1, 0.15) is 17.3 Å². The smallest absolute Gasteiger partial charge is 0.490 e. The number of anilines is 1. The van der Waals surface area contributed by atoms with Crippen molar-refractivity contribution in [3.63, 3.8) is 0 Å². The van der Waals surface area contributed by atoms with E-state index in [0.29, 0.717) is 23.6 Å². The molecule has 0 saturated carbocycles. The SMILES string of the molecule is COc1cccc(C(=O)Nc2ccc(OCCN3CCN(C(C)=O)CC3)c(-c3ccnn3C)c2)c1.O=C(O)C(F)(F)F. The van der Waals surface area contributed by atoms with Gasteiger partial charge in [0.25, 0.3) is 5.91 Å². The molecule has 1 saturated heterocycles. The van der Waals surface area contributed by atoms with E-state index in [2.05, 4.69) is 15.3 Å². The molecule has 2 amide bonds. The standard InChI is InChI=1S/C26H31N5O4.C2HF3O2/c1-19(32)31-13-11-30(12-14-31)15-16-35-25-8-7-21(18-23(25)24-9-10-27-29(24)2)28-26(33)20-5-4-6-22(17-20)34-3;3-2(4,5)1(6)7/h4-10,17-18H,11-16H2,1-3H3,(H,28,33);(H,6,7). The fourth-order valence-electron chi connectivity index (χ4n) is 4.11. The summed E-state index contributed by atoms with van der Waals surface area (Å²) in [6.07, 6.45) is -3.35. The molecule has 0 atom stereocenters. The van der Waals surface area contributed by atoms with Crippen LogP contribution >= 0.6 is 0 Å². The van der Waals surface area contributed by atoms with Crippen molar-refractivity contribution in [2.45, 2.75) is 13.1 Å². The van der Waals surface area contributed by atoms with Gasteiger partial charge in [0, 0.05) is 69.7 Å². The number of methoxy groups -OCH3 is 1. The van der Waals surface area contributed by atoms with Gasteiger partial charge in [0.05, 0.1) is 12.8 Å². The van der Waals surface area contributed by atoms with Crippen LogP contribution in [0.5, 0.6) is 11.5 Å². The van der Waals surface area contributed by atoms with Crippen molar-refractivity contribution in [2.75, 3.05) is 51.8 Å². The molecule has 226 valence electrons. The van der Waals surface area contributed by atoms with Gasteiger partial charge in [0.1, 0.15) is 18.1 Å². The predicted octanol–water partition coefficient (Wildman–Crippen LogP) is 3.52. The van der Waals surface area contributed by atoms with E-state index >= 15 is 0 Å². The monoisotopic (exact) mass is 591 g/mol. The number of aryl methyl sites for hydroxylation is 1. The highest BCUT2D eigenvalue weighted by atomic mass is 19.4. The minimum absolute atomic E-state index is 0.125. The third-order valence-corrected chi connectivity index (χ3v) is 6.39. The number of piperazine rings is 1. The molecule has 4 rings (SSSR count). The van der Waals surface area contributed by atoms with E-state index < -0.39 is 12.1 Å². The van der Waals surface area contributed by atoms with Crippen molar-refractivity contribution in [2.24, 2.45) is 7.05 Å². The zero-order valence-electron chi connectivity index (χ0n) is 23.3. The Morgan fingerprint density at radius 2 is 1.74 bits per heavy atom. The summed E-state index contributed by atoms with van der Waals surface area (Å²) in [5, 5.41) is 14.4. The summed E-state index contributed by atoms with van der Waals surface area (Å²) in [5.41, 5.74) is 2.89. The van der Waals surface area contributed by atoms with Gasteiger partial charge in [-0.2, -0.15) is 18.3 Å². The molecule has 11 nitrogen and oxygen atoms in total. The van der Waals surface area contributed by atoms with E-state index in [-0.39, 0.29) is 11.8 Å². The van der Waals surface area contributed by atoms with Gasteiger partial charge < -0.3 is 24.8 Å². The molecule has 1 aromatic heterocycles. The number of carbonyl (C=O) groups is 3. The fraction of sp³-hybridized carbons (Fsp3) is 0.357. The largest absolute Gasteiger partial charge is 0.497 e. The second kappa shape index (κ2) is 14.3. The summed E-state index contributed by atoms with van der Waals surface area (Å²) >= 11 is 0. The maximum atomic E-state index is 12.8. The first kappa shape index (κ1) is 31.9. The highest BCUT2D eigenvalue weighted by Gasteiger charge is 2.38. The van der Waals surface area contributed by atoms with E-state index in [1.807, 2.05) is 36.2 Å². The molecule has 42 heavy (non-hydrogen) atoms. The van der Waals surface area contributed by atoms with Crippen molar-refractivity contribution < 1.29 is 42.1 Å². The number of alkyl halides is 3. The fourth-order valence-corrected chi connectivity index (χ4v) is 4.11. The van der Waals surface area contributed by atoms with Crippen molar-refractivity contribution in [1.29, 1.82) is 0 Å². The highest BCUT2D eigenvalue weighted by Crippen LogP contribution is 2.33. The number of aromatic nitrogens is 2. The molecule has 2 N–H and O–H groups in total. The number of nitrogens with zero attached hydrogens (tertiary/aromatic N) is 4. The van der Waals surface area contributed by atoms with Crippen LogP contribution in [0, 0.1) is 0 Å². The predicted molar refractivity (Wildman–Crippen MR) is 147 cm³/mol. The van der Waals surface area contributed by atoms with Crippen molar-refractivity contribution in [3.05, 3.63) is 60.3 Å². The molecule has 3 aromatic rings. The number of rotatable bonds is 8. The number of aliphatic carboxylic acids is 1. The quantitative estimate of drug-likeness (QED) is 0.408. The molecular weight excluding hydrogens is 559 g/mol. The lowest BCUT2D eigenvalue weighted by atomic mass is 10.1. The van der Waals surface area contributed by atoms with E-state index in [9.17, 15) is 22.8 Å². The van der Waals surface area contributed by atoms with E-state index in [0.717, 1.165) is 49.7 Å². The Labute approximate surface area is 240 Å². The Balaban J connectivity index is 0.000000616. The number of hydrogen-bond donors (Lipinski definition) is 2. The summed E-state index contributed by atoms with van der Waals surface area (Å²) in [4.78, 5) is 37.4. The van der Waals surface area contributed by atoms with Crippen LogP contribution in [0.2, 0.25) is 0 Å². The molecule has 1 aliphatic rings. The number of carbonyl (C=O) groups excluding carboxylic acids is 2. The third kappa shape index (κ3) is 8.96. The molecule has 2 heterocycles. The Bertz CT molecular complexity index is 1390. The number of ether oxygens (including phenoxy) is 2. The summed E-state index contributed by atoms with van der Waals surface area (Å²) < 4.78 is 44.9. The molecule has 0 aliphatic carbocycles. The van der Waals surface area contributed by atoms with E-state index in [1.54, 1.807) is 49.2 Å². The average molecular weight is 592 g/mol. The molecule has 2 aromatic carbocycles. The highest BCUT2D eigenvalue weighted by molar-refractivity contribution is 6.04. The normalized spacial score (nSPS) is 13.5. The van der Waals surface area contributed by atoms with Gasteiger partial charge >= 0.3 is 12.1 Å². The average Bonchev–Trinajstić information content (AvgIpc) is 3.39. The minimum Gasteiger partial charge on any atom is -0.497 e. The minimum atomic E-state index is -5.08. The van der Waals surface area contributed by atoms with Crippen LogP contribution in [-0.2, 0) is 16.6 Å². The number of hydrogen-bond acceptors (Lipinski definition) is 7. The summed E-state index contributed by atoms with van der Waals surface area (Å²) in [5.74, 6) is -1.51. The van der Waals surface area contributed by atoms with Gasteiger partial charge in [-0.15, -0.1) is 0 Å². The van der Waals surface area contributed by atoms with Gasteiger partial charge in [0.2, 0.25) is 5.91 Å². The molecular formula is C28H32F3N5O6. The van der Waals surface area contributed by atoms with Gasteiger partial charge in [0.15, 0.2) is 0 Å². The van der Waals surface area contributed by atoms with Crippen molar-refractivity contribution >= 4 is 23.5 Å². The molecule has 0 unspecified atom stereocenters. The summed E-state index contributed by atoms with van der Waals surface area (Å²) in [6.45, 7) is 6.07. The molecule has 0 radical (unpaired) electrons. The van der Waals surface area contributed by atoms with Crippen LogP contribution in [0.15, 0.2) is 54.7 Å². The first-order valence-corrected chi connectivity index (χ1v) is 12.9. The zero-order chi connectivity index (χ0) is 30.9. The summed E-state index contributed by atoms with van der Waals surface area (Å²) in [7, 11) is 3.44. The Morgan fingerprint density at radius 1 is 1.05 bits per heavy atom. The van der Waals surface area contributed by atoms with Crippen molar-refractivity contribution in [1.82, 2.24) is 19.6 Å². The van der Waals surface area contributed by atoms with Crippen LogP contribution in [-0.4, -0.2) is 95.1 Å². The topological polar surface area (TPSA) is 126 Å². The van der Waals surface area contributed by atoms with Gasteiger partial charge in [-0.25, -0.2) is 4.79 Å². The Kier molecular flexibility index (Phi) is 10.9. The second-order valence-corrected chi connectivity index (χ2v) is 9.24. The van der Waals surface area contributed by atoms with Crippen LogP contribution < -0.4 is 14.8 Å². The van der Waals surface area contributed by atoms with Gasteiger partial charge in [-0.1, -0.05) is 6.07 Å². The van der Waals surface area contributed by atoms with Crippen LogP contribution in [0.3, 0.4) is 0 Å². The molecule has 14 heteroatoms. The first-order chi connectivity index (χ1) is 19.9. The van der Waals surface area contributed by atoms with E-state index in [1.165, 1.54) is 0 Å². The third-order valence-electron chi connectivity index (χ3n) is 6.39. The number of nitrogens with one attached hydrogen (secondary N) is 1. The Morgan fingerprint density at radius 3 is 2.31 bits per heavy atom. The number of halogens is 3. The lowest BCUT2D eigenvalue weighted by Gasteiger charge is -2.34. The molecule has 1 aliphatic heterocycles. The van der Waals surface area contributed by atoms with Gasteiger partial charge in [-0.05, 0) is 42.5 Å². The van der Waals surface area contributed by atoms with Crippen molar-refractivity contribution in [3.8, 4) is 22.8 Å². The molecule has 1 fully saturated rings. The lowest BCUT2D eigenvalue weighted by molar-refractivity contribution is -0.192. The van der Waals surface area contributed by atoms with Crippen LogP contribution in [0.4, 0.5) is 18.9 Å². The van der Waals surface area contributed by atoms with Crippen LogP contribution in [0.25, 0.3) is 11.3 Å². The Hall–Kier alpha value is -4.59. The van der Waals surface area contributed by atoms with Gasteiger partial charge in [-0.3, -0.25) is 19.2 Å². The molecule has 0 spiro atoms. The summed E-state index contributed by atoms with van der Waals surface area (Å²) in [6, 6.07) is 14.5. The number of benzene rings is 2. The molecule has 0 bridgehead atoms. The number of carboxylic acid groups (broad SMARTS) is 1. The number of amides is 2. The number of carboxylic acids is 1. The maximum absolute atomic E-state index is 12.8. The maximum Gasteiger partial charge on any atom is 0.490 e. The second-order valence-electron chi connectivity index (χ2n) is 9.24. The lowest BCUT2D eigenvalue weighted by Crippen LogP contribution is -2.48. The zero-order valence-corrected chi connectivity index (χ0v) is 23.3. The first-order valence-electron chi connectivity index (χ1n) is 12.9. The van der Waals surface area contributed by atoms with E-state index in [4.69, 9.17) is 19.4 Å².